The predicted molar refractivity (Wildman–Crippen MR) is 173 cm³/mol. The van der Waals surface area contributed by atoms with Gasteiger partial charge in [-0.2, -0.15) is 0 Å². The van der Waals surface area contributed by atoms with E-state index in [1.54, 1.807) is 6.07 Å². The number of amidine groups is 1. The third kappa shape index (κ3) is 5.14. The predicted octanol–water partition coefficient (Wildman–Crippen LogP) is 9.58. The van der Waals surface area contributed by atoms with Crippen molar-refractivity contribution < 1.29 is 9.84 Å². The second kappa shape index (κ2) is 11.1. The van der Waals surface area contributed by atoms with E-state index in [4.69, 9.17) is 9.73 Å². The smallest absolute Gasteiger partial charge is 0.219 e. The van der Waals surface area contributed by atoms with Crippen molar-refractivity contribution >= 4 is 22.4 Å². The number of hydrogen-bond donors (Lipinski definition) is 1. The molecule has 0 spiro atoms. The summed E-state index contributed by atoms with van der Waals surface area (Å²) in [6.07, 6.45) is 4.76. The number of hydrogen-bond acceptors (Lipinski definition) is 5. The first-order chi connectivity index (χ1) is 20.1. The topological polar surface area (TPSA) is 58.0 Å². The molecule has 0 amide bonds. The van der Waals surface area contributed by atoms with Gasteiger partial charge < -0.3 is 14.7 Å². The maximum atomic E-state index is 10.3. The fourth-order valence-corrected chi connectivity index (χ4v) is 7.01. The van der Waals surface area contributed by atoms with E-state index in [0.717, 1.165) is 23.2 Å². The molecule has 6 rings (SSSR count). The molecule has 2 aliphatic rings. The molecule has 3 aromatic carbocycles. The summed E-state index contributed by atoms with van der Waals surface area (Å²) in [5.74, 6) is 3.10. The number of ether oxygens (including phenoxy) is 1. The first-order valence-electron chi connectivity index (χ1n) is 15.5. The quantitative estimate of drug-likeness (QED) is 0.255. The van der Waals surface area contributed by atoms with Crippen LogP contribution in [0.5, 0.6) is 17.4 Å². The van der Waals surface area contributed by atoms with Gasteiger partial charge in [0, 0.05) is 22.7 Å². The number of fused-ring (bicyclic) bond motifs is 2. The Balaban J connectivity index is 1.46. The van der Waals surface area contributed by atoms with Crippen molar-refractivity contribution in [3.05, 3.63) is 89.5 Å². The Hall–Kier alpha value is -3.86. The number of aromatic nitrogens is 1. The van der Waals surface area contributed by atoms with E-state index >= 15 is 0 Å². The maximum Gasteiger partial charge on any atom is 0.219 e. The standard InChI is InChI=1S/C37H43N3O2/c1-23(2)28-15-11-16-29(24(3)4)34(28)40-35-30(17-7-8-21-37(35,5)6)38-36(40)26-13-9-14-27(22-26)42-32-20-19-25-12-10-18-31(41)33(25)39-32/h9-16,18-20,22-24,30,35,41H,7-8,17,21H2,1-6H3/t30-,35-/m0/s1. The summed E-state index contributed by atoms with van der Waals surface area (Å²) in [5, 5.41) is 11.2. The molecule has 1 saturated carbocycles. The van der Waals surface area contributed by atoms with Crippen molar-refractivity contribution in [3.63, 3.8) is 0 Å². The zero-order valence-electron chi connectivity index (χ0n) is 25.8. The normalized spacial score (nSPS) is 20.1. The summed E-state index contributed by atoms with van der Waals surface area (Å²) < 4.78 is 6.29. The summed E-state index contributed by atoms with van der Waals surface area (Å²) >= 11 is 0. The monoisotopic (exact) mass is 561 g/mol. The molecule has 1 aromatic heterocycles. The SMILES string of the molecule is CC(C)c1cccc(C(C)C)c1N1C(c2cccc(Oc3ccc4cccc(O)c4n3)c2)=N[C@H]2CCCCC(C)(C)[C@H]21. The maximum absolute atomic E-state index is 10.3. The van der Waals surface area contributed by atoms with Gasteiger partial charge in [-0.15, -0.1) is 0 Å². The molecule has 1 aliphatic carbocycles. The Bertz CT molecular complexity index is 1610. The number of phenolic OH excluding ortho intramolecular Hbond substituents is 1. The molecular weight excluding hydrogens is 518 g/mol. The Morgan fingerprint density at radius 2 is 1.60 bits per heavy atom. The van der Waals surface area contributed by atoms with Gasteiger partial charge >= 0.3 is 0 Å². The highest BCUT2D eigenvalue weighted by molar-refractivity contribution is 6.13. The minimum atomic E-state index is 0.107. The lowest BCUT2D eigenvalue weighted by Crippen LogP contribution is -2.49. The fraction of sp³-hybridized carbons (Fsp3) is 0.405. The number of anilines is 1. The van der Waals surface area contributed by atoms with E-state index in [2.05, 4.69) is 81.8 Å². The summed E-state index contributed by atoms with van der Waals surface area (Å²) in [6.45, 7) is 14.1. The van der Waals surface area contributed by atoms with Crippen molar-refractivity contribution in [3.8, 4) is 17.4 Å². The van der Waals surface area contributed by atoms with Crippen LogP contribution in [0.25, 0.3) is 10.9 Å². The largest absolute Gasteiger partial charge is 0.506 e. The molecule has 4 aromatic rings. The number of benzene rings is 3. The molecule has 1 fully saturated rings. The second-order valence-corrected chi connectivity index (χ2v) is 13.3. The van der Waals surface area contributed by atoms with Gasteiger partial charge in [-0.25, -0.2) is 4.98 Å². The van der Waals surface area contributed by atoms with Crippen molar-refractivity contribution in [2.45, 2.75) is 91.1 Å². The van der Waals surface area contributed by atoms with E-state index < -0.39 is 0 Å². The van der Waals surface area contributed by atoms with Gasteiger partial charge in [0.1, 0.15) is 22.9 Å². The molecule has 5 nitrogen and oxygen atoms in total. The van der Waals surface area contributed by atoms with E-state index in [1.807, 2.05) is 36.4 Å². The first kappa shape index (κ1) is 28.3. The lowest BCUT2D eigenvalue weighted by molar-refractivity contribution is 0.259. The van der Waals surface area contributed by atoms with Crippen LogP contribution in [0.15, 0.2) is 77.8 Å². The van der Waals surface area contributed by atoms with Gasteiger partial charge in [-0.1, -0.05) is 96.8 Å². The number of phenols is 1. The molecule has 0 unspecified atom stereocenters. The molecule has 42 heavy (non-hydrogen) atoms. The van der Waals surface area contributed by atoms with Crippen LogP contribution in [-0.4, -0.2) is 28.0 Å². The highest BCUT2D eigenvalue weighted by atomic mass is 16.5. The molecule has 2 heterocycles. The fourth-order valence-electron chi connectivity index (χ4n) is 7.01. The zero-order chi connectivity index (χ0) is 29.6. The molecule has 5 heteroatoms. The van der Waals surface area contributed by atoms with Crippen molar-refractivity contribution in [1.29, 1.82) is 0 Å². The summed E-state index contributed by atoms with van der Waals surface area (Å²) in [6, 6.07) is 24.8. The zero-order valence-corrected chi connectivity index (χ0v) is 25.8. The summed E-state index contributed by atoms with van der Waals surface area (Å²) in [5.41, 5.74) is 5.78. The van der Waals surface area contributed by atoms with Gasteiger partial charge in [-0.05, 0) is 65.5 Å². The average Bonchev–Trinajstić information content (AvgIpc) is 3.28. The summed E-state index contributed by atoms with van der Waals surface area (Å²) in [7, 11) is 0. The van der Waals surface area contributed by atoms with Gasteiger partial charge in [0.15, 0.2) is 0 Å². The molecule has 0 bridgehead atoms. The van der Waals surface area contributed by atoms with E-state index in [-0.39, 0.29) is 23.2 Å². The molecule has 1 N–H and O–H groups in total. The highest BCUT2D eigenvalue weighted by Gasteiger charge is 2.48. The second-order valence-electron chi connectivity index (χ2n) is 13.3. The van der Waals surface area contributed by atoms with Gasteiger partial charge in [0.2, 0.25) is 5.88 Å². The van der Waals surface area contributed by atoms with E-state index in [0.29, 0.717) is 29.0 Å². The van der Waals surface area contributed by atoms with Crippen LogP contribution in [0.1, 0.15) is 95.8 Å². The third-order valence-corrected chi connectivity index (χ3v) is 9.10. The third-order valence-electron chi connectivity index (χ3n) is 9.10. The van der Waals surface area contributed by atoms with Crippen molar-refractivity contribution in [2.24, 2.45) is 10.4 Å². The van der Waals surface area contributed by atoms with Crippen LogP contribution in [-0.2, 0) is 0 Å². The van der Waals surface area contributed by atoms with Crippen LogP contribution in [0.4, 0.5) is 5.69 Å². The number of nitrogens with zero attached hydrogens (tertiary/aromatic N) is 3. The van der Waals surface area contributed by atoms with Crippen LogP contribution in [0.3, 0.4) is 0 Å². The minimum Gasteiger partial charge on any atom is -0.506 e. The Kier molecular flexibility index (Phi) is 7.46. The van der Waals surface area contributed by atoms with Gasteiger partial charge in [0.25, 0.3) is 0 Å². The number of para-hydroxylation sites is 2. The van der Waals surface area contributed by atoms with Crippen LogP contribution in [0, 0.1) is 5.41 Å². The Morgan fingerprint density at radius 1 is 0.881 bits per heavy atom. The highest BCUT2D eigenvalue weighted by Crippen LogP contribution is 2.48. The van der Waals surface area contributed by atoms with Gasteiger partial charge in [-0.3, -0.25) is 4.99 Å². The number of aliphatic imine (C=N–C) groups is 1. The lowest BCUT2D eigenvalue weighted by Gasteiger charge is -2.42. The van der Waals surface area contributed by atoms with E-state index in [1.165, 1.54) is 36.1 Å². The van der Waals surface area contributed by atoms with Crippen LogP contribution < -0.4 is 9.64 Å². The first-order valence-corrected chi connectivity index (χ1v) is 15.5. The molecule has 218 valence electrons. The van der Waals surface area contributed by atoms with Gasteiger partial charge in [0.05, 0.1) is 12.1 Å². The number of aromatic hydroxyl groups is 1. The Labute approximate surface area is 250 Å². The van der Waals surface area contributed by atoms with Crippen molar-refractivity contribution in [1.82, 2.24) is 4.98 Å². The molecule has 2 atom stereocenters. The molecule has 0 saturated heterocycles. The lowest BCUT2D eigenvalue weighted by atomic mass is 9.77. The number of rotatable bonds is 6. The molecule has 1 aliphatic heterocycles. The summed E-state index contributed by atoms with van der Waals surface area (Å²) in [4.78, 5) is 12.7. The van der Waals surface area contributed by atoms with Crippen LogP contribution >= 0.6 is 0 Å². The van der Waals surface area contributed by atoms with Crippen molar-refractivity contribution in [2.75, 3.05) is 4.90 Å². The molecule has 0 radical (unpaired) electrons. The Morgan fingerprint density at radius 3 is 2.33 bits per heavy atom. The average molecular weight is 562 g/mol. The minimum absolute atomic E-state index is 0.107. The van der Waals surface area contributed by atoms with E-state index in [9.17, 15) is 5.11 Å². The van der Waals surface area contributed by atoms with Crippen LogP contribution in [0.2, 0.25) is 0 Å². The number of pyridine rings is 1. The molecular formula is C37H43N3O2.